The van der Waals surface area contributed by atoms with Crippen LogP contribution in [-0.2, 0) is 6.42 Å². The van der Waals surface area contributed by atoms with Crippen LogP contribution in [0.1, 0.15) is 18.4 Å². The second-order valence-electron chi connectivity index (χ2n) is 8.20. The molecule has 2 atom stereocenters. The molecule has 0 radical (unpaired) electrons. The van der Waals surface area contributed by atoms with Crippen molar-refractivity contribution in [2.75, 3.05) is 18.0 Å². The standard InChI is InChI=1S/C24H26N4O/c25-24(29)28(21-9-3-7-18-6-1-2-8-20(18)21)23-19-10-13-27(14-11-19)22(23)15-17-5-4-12-26-16-17/h1-9,12,16,19,22-23H,10-11,13-15H2,(H2,25,29). The molecule has 29 heavy (non-hydrogen) atoms. The summed E-state index contributed by atoms with van der Waals surface area (Å²) in [6, 6.07) is 18.4. The van der Waals surface area contributed by atoms with Crippen molar-refractivity contribution >= 4 is 22.5 Å². The molecule has 148 valence electrons. The fourth-order valence-corrected chi connectivity index (χ4v) is 5.36. The maximum Gasteiger partial charge on any atom is 0.319 e. The van der Waals surface area contributed by atoms with E-state index in [0.29, 0.717) is 5.92 Å². The third kappa shape index (κ3) is 3.25. The number of fused-ring (bicyclic) bond motifs is 4. The number of rotatable bonds is 4. The molecule has 6 rings (SSSR count). The van der Waals surface area contributed by atoms with Crippen molar-refractivity contribution in [2.24, 2.45) is 11.7 Å². The van der Waals surface area contributed by atoms with Gasteiger partial charge in [-0.15, -0.1) is 0 Å². The van der Waals surface area contributed by atoms with Crippen molar-refractivity contribution in [1.29, 1.82) is 0 Å². The molecule has 4 heterocycles. The maximum atomic E-state index is 12.8. The molecule has 3 saturated heterocycles. The summed E-state index contributed by atoms with van der Waals surface area (Å²) in [5.74, 6) is 0.466. The molecule has 2 bridgehead atoms. The number of nitrogens with two attached hydrogens (primary N) is 1. The molecule has 3 fully saturated rings. The van der Waals surface area contributed by atoms with Gasteiger partial charge in [0, 0.05) is 23.8 Å². The first-order chi connectivity index (χ1) is 14.2. The lowest BCUT2D eigenvalue weighted by Crippen LogP contribution is -2.66. The third-order valence-electron chi connectivity index (χ3n) is 6.65. The Bertz CT molecular complexity index is 1010. The van der Waals surface area contributed by atoms with E-state index in [9.17, 15) is 4.79 Å². The van der Waals surface area contributed by atoms with Gasteiger partial charge < -0.3 is 5.73 Å². The summed E-state index contributed by atoms with van der Waals surface area (Å²) in [6.07, 6.45) is 6.85. The summed E-state index contributed by atoms with van der Waals surface area (Å²) in [7, 11) is 0. The normalized spacial score (nSPS) is 25.8. The zero-order valence-corrected chi connectivity index (χ0v) is 16.4. The fraction of sp³-hybridized carbons (Fsp3) is 0.333. The molecule has 5 heteroatoms. The highest BCUT2D eigenvalue weighted by Gasteiger charge is 2.46. The molecule has 0 spiro atoms. The molecule has 2 aromatic carbocycles. The van der Waals surface area contributed by atoms with Crippen LogP contribution in [-0.4, -0.2) is 41.1 Å². The Labute approximate surface area is 171 Å². The predicted molar refractivity (Wildman–Crippen MR) is 116 cm³/mol. The lowest BCUT2D eigenvalue weighted by molar-refractivity contribution is 0.0280. The Morgan fingerprint density at radius 3 is 2.62 bits per heavy atom. The Morgan fingerprint density at radius 2 is 1.86 bits per heavy atom. The largest absolute Gasteiger partial charge is 0.351 e. The highest BCUT2D eigenvalue weighted by molar-refractivity contribution is 6.03. The number of anilines is 1. The summed E-state index contributed by atoms with van der Waals surface area (Å²) in [5.41, 5.74) is 8.16. The number of carbonyl (C=O) groups is 1. The maximum absolute atomic E-state index is 12.8. The van der Waals surface area contributed by atoms with E-state index in [1.165, 1.54) is 5.56 Å². The van der Waals surface area contributed by atoms with Gasteiger partial charge in [-0.2, -0.15) is 0 Å². The highest BCUT2D eigenvalue weighted by atomic mass is 16.2. The number of benzene rings is 2. The molecule has 0 saturated carbocycles. The molecular formula is C24H26N4O. The lowest BCUT2D eigenvalue weighted by atomic mass is 9.75. The number of aromatic nitrogens is 1. The number of pyridine rings is 1. The van der Waals surface area contributed by atoms with Crippen LogP contribution in [0.15, 0.2) is 67.0 Å². The van der Waals surface area contributed by atoms with E-state index in [1.807, 2.05) is 41.4 Å². The molecular weight excluding hydrogens is 360 g/mol. The number of amides is 2. The second kappa shape index (κ2) is 7.48. The first-order valence-corrected chi connectivity index (χ1v) is 10.4. The lowest BCUT2D eigenvalue weighted by Gasteiger charge is -2.54. The minimum atomic E-state index is -0.365. The first kappa shape index (κ1) is 18.1. The van der Waals surface area contributed by atoms with Crippen LogP contribution in [0, 0.1) is 5.92 Å². The number of nitrogens with zero attached hydrogens (tertiary/aromatic N) is 3. The van der Waals surface area contributed by atoms with Crippen LogP contribution in [0.25, 0.3) is 10.8 Å². The third-order valence-corrected chi connectivity index (χ3v) is 6.65. The van der Waals surface area contributed by atoms with Crippen molar-refractivity contribution in [3.63, 3.8) is 0 Å². The average molecular weight is 386 g/mol. The number of hydrogen-bond acceptors (Lipinski definition) is 3. The summed E-state index contributed by atoms with van der Waals surface area (Å²) >= 11 is 0. The molecule has 1 aromatic heterocycles. The van der Waals surface area contributed by atoms with Crippen molar-refractivity contribution in [2.45, 2.75) is 31.3 Å². The van der Waals surface area contributed by atoms with E-state index in [0.717, 1.165) is 48.8 Å². The van der Waals surface area contributed by atoms with Gasteiger partial charge in [0.1, 0.15) is 0 Å². The van der Waals surface area contributed by atoms with Crippen molar-refractivity contribution in [1.82, 2.24) is 9.88 Å². The van der Waals surface area contributed by atoms with E-state index >= 15 is 0 Å². The van der Waals surface area contributed by atoms with Gasteiger partial charge in [0.25, 0.3) is 0 Å². The van der Waals surface area contributed by atoms with Crippen LogP contribution in [0.2, 0.25) is 0 Å². The van der Waals surface area contributed by atoms with E-state index in [4.69, 9.17) is 5.73 Å². The Hall–Kier alpha value is -2.92. The molecule has 3 aromatic rings. The van der Waals surface area contributed by atoms with Gasteiger partial charge in [-0.1, -0.05) is 42.5 Å². The summed E-state index contributed by atoms with van der Waals surface area (Å²) < 4.78 is 0. The Morgan fingerprint density at radius 1 is 1.07 bits per heavy atom. The summed E-state index contributed by atoms with van der Waals surface area (Å²) in [5, 5.41) is 2.20. The molecule has 2 unspecified atom stereocenters. The van der Waals surface area contributed by atoms with Gasteiger partial charge in [0.05, 0.1) is 11.7 Å². The predicted octanol–water partition coefficient (Wildman–Crippen LogP) is 3.83. The quantitative estimate of drug-likeness (QED) is 0.741. The van der Waals surface area contributed by atoms with Gasteiger partial charge in [0.2, 0.25) is 0 Å². The van der Waals surface area contributed by atoms with Crippen LogP contribution in [0.5, 0.6) is 0 Å². The number of carbonyl (C=O) groups excluding carboxylic acids is 1. The Kier molecular flexibility index (Phi) is 4.68. The molecule has 5 nitrogen and oxygen atoms in total. The topological polar surface area (TPSA) is 62.5 Å². The SMILES string of the molecule is NC(=O)N(c1cccc2ccccc12)C1C2CCN(CC2)C1Cc1cccnc1. The van der Waals surface area contributed by atoms with E-state index < -0.39 is 0 Å². The van der Waals surface area contributed by atoms with Gasteiger partial charge in [-0.05, 0) is 61.4 Å². The molecule has 3 aliphatic rings. The minimum Gasteiger partial charge on any atom is -0.351 e. The number of urea groups is 1. The van der Waals surface area contributed by atoms with Gasteiger partial charge >= 0.3 is 6.03 Å². The zero-order chi connectivity index (χ0) is 19.8. The number of hydrogen-bond donors (Lipinski definition) is 1. The second-order valence-corrected chi connectivity index (χ2v) is 8.20. The Balaban J connectivity index is 1.59. The molecule has 2 N–H and O–H groups in total. The van der Waals surface area contributed by atoms with Gasteiger partial charge in [-0.3, -0.25) is 14.8 Å². The minimum absolute atomic E-state index is 0.0704. The zero-order valence-electron chi connectivity index (χ0n) is 16.4. The number of primary amides is 1. The smallest absolute Gasteiger partial charge is 0.319 e. The van der Waals surface area contributed by atoms with Crippen molar-refractivity contribution in [3.05, 3.63) is 72.6 Å². The van der Waals surface area contributed by atoms with E-state index in [2.05, 4.69) is 34.1 Å². The van der Waals surface area contributed by atoms with Crippen LogP contribution < -0.4 is 10.6 Å². The average Bonchev–Trinajstić information content (AvgIpc) is 2.76. The highest BCUT2D eigenvalue weighted by Crippen LogP contribution is 2.40. The van der Waals surface area contributed by atoms with E-state index in [1.54, 1.807) is 6.20 Å². The molecule has 2 amide bonds. The monoisotopic (exact) mass is 386 g/mol. The van der Waals surface area contributed by atoms with Gasteiger partial charge in [0.15, 0.2) is 0 Å². The summed E-state index contributed by atoms with van der Waals surface area (Å²) in [4.78, 5) is 21.6. The molecule has 0 aliphatic carbocycles. The van der Waals surface area contributed by atoms with Gasteiger partial charge in [-0.25, -0.2) is 4.79 Å². The van der Waals surface area contributed by atoms with Crippen LogP contribution >= 0.6 is 0 Å². The van der Waals surface area contributed by atoms with Crippen LogP contribution in [0.4, 0.5) is 10.5 Å². The van der Waals surface area contributed by atoms with Crippen LogP contribution in [0.3, 0.4) is 0 Å². The number of piperidine rings is 3. The van der Waals surface area contributed by atoms with Crippen molar-refractivity contribution in [3.8, 4) is 0 Å². The molecule has 3 aliphatic heterocycles. The summed E-state index contributed by atoms with van der Waals surface area (Å²) in [6.45, 7) is 2.18. The van der Waals surface area contributed by atoms with Crippen molar-refractivity contribution < 1.29 is 4.79 Å². The first-order valence-electron chi connectivity index (χ1n) is 10.4. The fourth-order valence-electron chi connectivity index (χ4n) is 5.36. The van der Waals surface area contributed by atoms with E-state index in [-0.39, 0.29) is 18.1 Å².